The molecule has 26 heavy (non-hydrogen) atoms. The number of nitrogens with zero attached hydrogens (tertiary/aromatic N) is 2. The fourth-order valence-electron chi connectivity index (χ4n) is 3.33. The van der Waals surface area contributed by atoms with Crippen LogP contribution in [-0.4, -0.2) is 34.1 Å². The minimum Gasteiger partial charge on any atom is -0.454 e. The van der Waals surface area contributed by atoms with Gasteiger partial charge in [-0.3, -0.25) is 19.0 Å². The highest BCUT2D eigenvalue weighted by Crippen LogP contribution is 2.23. The van der Waals surface area contributed by atoms with E-state index < -0.39 is 5.97 Å². The lowest BCUT2D eigenvalue weighted by Crippen LogP contribution is -2.43. The van der Waals surface area contributed by atoms with Crippen LogP contribution in [-0.2, 0) is 20.9 Å². The Kier molecular flexibility index (Phi) is 5.65. The van der Waals surface area contributed by atoms with Gasteiger partial charge in [-0.15, -0.1) is 0 Å². The quantitative estimate of drug-likeness (QED) is 0.822. The Balaban J connectivity index is 1.53. The number of nitrogens with one attached hydrogen (secondary N) is 1. The van der Waals surface area contributed by atoms with Crippen LogP contribution in [0.4, 0.5) is 0 Å². The van der Waals surface area contributed by atoms with E-state index in [1.807, 2.05) is 0 Å². The molecule has 0 spiro atoms. The number of carbonyl (C=O) groups excluding carboxylic acids is 2. The average Bonchev–Trinajstić information content (AvgIpc) is 2.64. The largest absolute Gasteiger partial charge is 0.454 e. The Bertz CT molecular complexity index is 861. The van der Waals surface area contributed by atoms with Crippen LogP contribution in [0, 0.1) is 5.92 Å². The molecule has 2 atom stereocenters. The van der Waals surface area contributed by atoms with Crippen LogP contribution in [0.25, 0.3) is 10.9 Å². The third kappa shape index (κ3) is 4.28. The molecule has 0 bridgehead atoms. The van der Waals surface area contributed by atoms with Gasteiger partial charge in [0.25, 0.3) is 11.5 Å². The normalized spacial score (nSPS) is 19.9. The second-order valence-electron chi connectivity index (χ2n) is 6.79. The number of ether oxygens (including phenoxy) is 1. The lowest BCUT2D eigenvalue weighted by molar-refractivity contribution is -0.149. The summed E-state index contributed by atoms with van der Waals surface area (Å²) in [5, 5.41) is 3.36. The lowest BCUT2D eigenvalue weighted by Gasteiger charge is -2.29. The Morgan fingerprint density at radius 3 is 2.85 bits per heavy atom. The highest BCUT2D eigenvalue weighted by Gasteiger charge is 2.23. The highest BCUT2D eigenvalue weighted by molar-refractivity contribution is 5.81. The lowest BCUT2D eigenvalue weighted by atomic mass is 9.86. The number of aromatic nitrogens is 2. The fourth-order valence-corrected chi connectivity index (χ4v) is 3.33. The molecule has 0 radical (unpaired) electrons. The van der Waals surface area contributed by atoms with E-state index in [-0.39, 0.29) is 30.7 Å². The van der Waals surface area contributed by atoms with Crippen LogP contribution in [0.2, 0.25) is 0 Å². The predicted molar refractivity (Wildman–Crippen MR) is 96.5 cm³/mol. The van der Waals surface area contributed by atoms with Gasteiger partial charge >= 0.3 is 5.97 Å². The van der Waals surface area contributed by atoms with E-state index in [0.29, 0.717) is 16.8 Å². The zero-order chi connectivity index (χ0) is 18.5. The number of amides is 1. The average molecular weight is 357 g/mol. The van der Waals surface area contributed by atoms with E-state index >= 15 is 0 Å². The topological polar surface area (TPSA) is 90.3 Å². The van der Waals surface area contributed by atoms with Crippen molar-refractivity contribution in [1.29, 1.82) is 0 Å². The summed E-state index contributed by atoms with van der Waals surface area (Å²) in [7, 11) is 0. The molecule has 7 nitrogen and oxygen atoms in total. The van der Waals surface area contributed by atoms with Gasteiger partial charge in [-0.25, -0.2) is 4.98 Å². The third-order valence-electron chi connectivity index (χ3n) is 4.85. The van der Waals surface area contributed by atoms with Crippen molar-refractivity contribution < 1.29 is 14.3 Å². The van der Waals surface area contributed by atoms with Crippen LogP contribution in [0.5, 0.6) is 0 Å². The number of hydrogen-bond donors (Lipinski definition) is 1. The molecule has 1 heterocycles. The molecule has 1 aliphatic carbocycles. The van der Waals surface area contributed by atoms with Crippen molar-refractivity contribution in [2.75, 3.05) is 6.61 Å². The summed E-state index contributed by atoms with van der Waals surface area (Å²) in [6.07, 6.45) is 5.67. The highest BCUT2D eigenvalue weighted by atomic mass is 16.5. The summed E-state index contributed by atoms with van der Waals surface area (Å²) < 4.78 is 6.20. The van der Waals surface area contributed by atoms with Gasteiger partial charge in [0.05, 0.1) is 17.2 Å². The predicted octanol–water partition coefficient (Wildman–Crippen LogP) is 1.63. The summed E-state index contributed by atoms with van der Waals surface area (Å²) >= 11 is 0. The second-order valence-corrected chi connectivity index (χ2v) is 6.79. The molecule has 1 aliphatic rings. The summed E-state index contributed by atoms with van der Waals surface area (Å²) in [6, 6.07) is 7.06. The monoisotopic (exact) mass is 357 g/mol. The van der Waals surface area contributed by atoms with Gasteiger partial charge in [-0.2, -0.15) is 0 Å². The standard InChI is InChI=1S/C19H23N3O4/c1-13-6-2-4-8-15(13)21-17(23)11-26-18(24)10-22-12-20-16-9-5-3-7-14(16)19(22)25/h3,5,7,9,12-13,15H,2,4,6,8,10-11H2,1H3,(H,21,23). The van der Waals surface area contributed by atoms with Crippen LogP contribution in [0.3, 0.4) is 0 Å². The van der Waals surface area contributed by atoms with Gasteiger partial charge in [-0.05, 0) is 30.9 Å². The molecule has 0 saturated heterocycles. The molecular formula is C19H23N3O4. The Morgan fingerprint density at radius 1 is 1.27 bits per heavy atom. The molecular weight excluding hydrogens is 334 g/mol. The molecule has 138 valence electrons. The first-order valence-corrected chi connectivity index (χ1v) is 8.94. The SMILES string of the molecule is CC1CCCCC1NC(=O)COC(=O)Cn1cnc2ccccc2c1=O. The summed E-state index contributed by atoms with van der Waals surface area (Å²) in [6.45, 7) is 1.51. The number of fused-ring (bicyclic) bond motifs is 1. The maximum Gasteiger partial charge on any atom is 0.326 e. The fraction of sp³-hybridized carbons (Fsp3) is 0.474. The molecule has 1 amide bonds. The van der Waals surface area contributed by atoms with Crippen molar-refractivity contribution in [2.24, 2.45) is 5.92 Å². The van der Waals surface area contributed by atoms with E-state index in [9.17, 15) is 14.4 Å². The van der Waals surface area contributed by atoms with Gasteiger partial charge in [0.1, 0.15) is 6.54 Å². The molecule has 1 saturated carbocycles. The smallest absolute Gasteiger partial charge is 0.326 e. The van der Waals surface area contributed by atoms with Crippen LogP contribution in [0.1, 0.15) is 32.6 Å². The first-order chi connectivity index (χ1) is 12.5. The second kappa shape index (κ2) is 8.12. The third-order valence-corrected chi connectivity index (χ3v) is 4.85. The summed E-state index contributed by atoms with van der Waals surface area (Å²) in [4.78, 5) is 40.4. The zero-order valence-corrected chi connectivity index (χ0v) is 14.8. The maximum absolute atomic E-state index is 12.3. The minimum absolute atomic E-state index is 0.141. The molecule has 2 aromatic rings. The number of para-hydroxylation sites is 1. The number of carbonyl (C=O) groups is 2. The van der Waals surface area contributed by atoms with Crippen LogP contribution in [0.15, 0.2) is 35.4 Å². The van der Waals surface area contributed by atoms with Crippen LogP contribution >= 0.6 is 0 Å². The molecule has 1 aromatic heterocycles. The van der Waals surface area contributed by atoms with Crippen molar-refractivity contribution in [3.63, 3.8) is 0 Å². The first kappa shape index (κ1) is 18.1. The molecule has 3 rings (SSSR count). The Hall–Kier alpha value is -2.70. The van der Waals surface area contributed by atoms with E-state index in [2.05, 4.69) is 17.2 Å². The van der Waals surface area contributed by atoms with Crippen LogP contribution < -0.4 is 10.9 Å². The van der Waals surface area contributed by atoms with Gasteiger partial charge in [0.2, 0.25) is 0 Å². The first-order valence-electron chi connectivity index (χ1n) is 8.94. The van der Waals surface area contributed by atoms with Crippen molar-refractivity contribution in [2.45, 2.75) is 45.2 Å². The van der Waals surface area contributed by atoms with Crippen molar-refractivity contribution in [1.82, 2.24) is 14.9 Å². The van der Waals surface area contributed by atoms with Crippen molar-refractivity contribution in [3.8, 4) is 0 Å². The van der Waals surface area contributed by atoms with Gasteiger partial charge in [0, 0.05) is 6.04 Å². The van der Waals surface area contributed by atoms with E-state index in [1.54, 1.807) is 24.3 Å². The van der Waals surface area contributed by atoms with E-state index in [4.69, 9.17) is 4.74 Å². The van der Waals surface area contributed by atoms with Gasteiger partial charge in [-0.1, -0.05) is 31.9 Å². The van der Waals surface area contributed by atoms with E-state index in [1.165, 1.54) is 17.3 Å². The maximum atomic E-state index is 12.3. The summed E-state index contributed by atoms with van der Waals surface area (Å²) in [5.41, 5.74) is 0.260. The molecule has 0 aliphatic heterocycles. The zero-order valence-electron chi connectivity index (χ0n) is 14.8. The Morgan fingerprint density at radius 2 is 2.04 bits per heavy atom. The number of benzene rings is 1. The molecule has 1 aromatic carbocycles. The summed E-state index contributed by atoms with van der Waals surface area (Å²) in [5.74, 6) is -0.511. The van der Waals surface area contributed by atoms with Crippen molar-refractivity contribution in [3.05, 3.63) is 40.9 Å². The molecule has 1 fully saturated rings. The van der Waals surface area contributed by atoms with Gasteiger partial charge < -0.3 is 10.1 Å². The van der Waals surface area contributed by atoms with Crippen molar-refractivity contribution >= 4 is 22.8 Å². The number of rotatable bonds is 5. The molecule has 7 heteroatoms. The minimum atomic E-state index is -0.643. The van der Waals surface area contributed by atoms with Gasteiger partial charge in [0.15, 0.2) is 6.61 Å². The molecule has 2 unspecified atom stereocenters. The number of hydrogen-bond acceptors (Lipinski definition) is 5. The number of esters is 1. The Labute approximate surface area is 151 Å². The molecule has 1 N–H and O–H groups in total. The van der Waals surface area contributed by atoms with E-state index in [0.717, 1.165) is 19.3 Å².